The summed E-state index contributed by atoms with van der Waals surface area (Å²) in [5.41, 5.74) is 1.24. The second-order valence-corrected chi connectivity index (χ2v) is 9.63. The van der Waals surface area contributed by atoms with E-state index in [1.165, 1.54) is 24.3 Å². The smallest absolute Gasteiger partial charge is 0.338 e. The highest BCUT2D eigenvalue weighted by molar-refractivity contribution is 7.89. The number of carbonyl (C=O) groups excluding carboxylic acids is 1. The van der Waals surface area contributed by atoms with E-state index in [0.29, 0.717) is 11.3 Å². The zero-order valence-corrected chi connectivity index (χ0v) is 19.7. The predicted molar refractivity (Wildman–Crippen MR) is 124 cm³/mol. The molecule has 0 saturated carbocycles. The van der Waals surface area contributed by atoms with Crippen LogP contribution < -0.4 is 9.46 Å². The van der Waals surface area contributed by atoms with Crippen molar-refractivity contribution in [2.24, 2.45) is 0 Å². The number of non-ortho nitro benzene ring substituents is 1. The van der Waals surface area contributed by atoms with Crippen LogP contribution in [0.25, 0.3) is 0 Å². The maximum Gasteiger partial charge on any atom is 0.338 e. The molecule has 0 bridgehead atoms. The SMILES string of the molecule is O=C(OCc1cc([N+](=O)[O-])cc2c1OCOC2)c1ccc(Cl)c(S(=O)(=O)NCc2ccccc2)c1. The van der Waals surface area contributed by atoms with Crippen LogP contribution in [0, 0.1) is 10.1 Å². The van der Waals surface area contributed by atoms with Crippen LogP contribution in [0.4, 0.5) is 5.69 Å². The van der Waals surface area contributed by atoms with E-state index in [1.54, 1.807) is 24.3 Å². The molecule has 182 valence electrons. The molecule has 0 radical (unpaired) electrons. The Balaban J connectivity index is 1.52. The lowest BCUT2D eigenvalue weighted by molar-refractivity contribution is -0.385. The first-order valence-electron chi connectivity index (χ1n) is 10.3. The number of hydrogen-bond acceptors (Lipinski definition) is 8. The van der Waals surface area contributed by atoms with Gasteiger partial charge in [-0.05, 0) is 23.8 Å². The highest BCUT2D eigenvalue weighted by atomic mass is 35.5. The third-order valence-corrected chi connectivity index (χ3v) is 6.99. The molecule has 1 aliphatic rings. The summed E-state index contributed by atoms with van der Waals surface area (Å²) < 4.78 is 44.0. The summed E-state index contributed by atoms with van der Waals surface area (Å²) in [6.07, 6.45) is 0. The van der Waals surface area contributed by atoms with Gasteiger partial charge >= 0.3 is 5.97 Å². The number of nitro benzene ring substituents is 1. The Kier molecular flexibility index (Phi) is 7.31. The fraction of sp³-hybridized carbons (Fsp3) is 0.174. The number of benzene rings is 3. The molecule has 1 heterocycles. The number of nitrogens with zero attached hydrogens (tertiary/aromatic N) is 1. The lowest BCUT2D eigenvalue weighted by Crippen LogP contribution is -2.24. The van der Waals surface area contributed by atoms with Crippen molar-refractivity contribution >= 4 is 33.3 Å². The van der Waals surface area contributed by atoms with E-state index in [4.69, 9.17) is 25.8 Å². The molecule has 0 amide bonds. The molecule has 10 nitrogen and oxygen atoms in total. The Morgan fingerprint density at radius 1 is 1.14 bits per heavy atom. The normalized spacial score (nSPS) is 12.9. The summed E-state index contributed by atoms with van der Waals surface area (Å²) in [6.45, 7) is -0.220. The van der Waals surface area contributed by atoms with E-state index in [2.05, 4.69) is 4.72 Å². The Bertz CT molecular complexity index is 1380. The van der Waals surface area contributed by atoms with Crippen molar-refractivity contribution in [3.8, 4) is 5.75 Å². The Hall–Kier alpha value is -3.51. The van der Waals surface area contributed by atoms with Gasteiger partial charge in [0.15, 0.2) is 6.79 Å². The van der Waals surface area contributed by atoms with Gasteiger partial charge in [0.1, 0.15) is 17.3 Å². The molecular weight excluding hydrogens is 500 g/mol. The zero-order chi connectivity index (χ0) is 25.0. The van der Waals surface area contributed by atoms with E-state index in [9.17, 15) is 23.3 Å². The minimum absolute atomic E-state index is 0.0375. The molecule has 1 N–H and O–H groups in total. The van der Waals surface area contributed by atoms with Crippen molar-refractivity contribution in [3.63, 3.8) is 0 Å². The first-order valence-corrected chi connectivity index (χ1v) is 12.1. The fourth-order valence-corrected chi connectivity index (χ4v) is 4.95. The zero-order valence-electron chi connectivity index (χ0n) is 18.1. The van der Waals surface area contributed by atoms with Crippen molar-refractivity contribution < 1.29 is 32.3 Å². The molecule has 0 unspecified atom stereocenters. The maximum atomic E-state index is 12.8. The summed E-state index contributed by atoms with van der Waals surface area (Å²) in [5.74, 6) is -0.493. The molecular formula is C23H19ClN2O8S. The average molecular weight is 519 g/mol. The van der Waals surface area contributed by atoms with Crippen LogP contribution in [-0.2, 0) is 39.3 Å². The van der Waals surface area contributed by atoms with Gasteiger partial charge in [-0.15, -0.1) is 0 Å². The Morgan fingerprint density at radius 3 is 2.66 bits per heavy atom. The molecule has 0 aliphatic carbocycles. The molecule has 12 heteroatoms. The number of ether oxygens (including phenoxy) is 3. The fourth-order valence-electron chi connectivity index (χ4n) is 3.41. The molecule has 1 aliphatic heterocycles. The van der Waals surface area contributed by atoms with E-state index in [-0.39, 0.29) is 53.3 Å². The van der Waals surface area contributed by atoms with Crippen molar-refractivity contribution in [2.45, 2.75) is 24.7 Å². The topological polar surface area (TPSA) is 134 Å². The van der Waals surface area contributed by atoms with Gasteiger partial charge in [0.2, 0.25) is 10.0 Å². The quantitative estimate of drug-likeness (QED) is 0.269. The standard InChI is InChI=1S/C23H19ClN2O8S/c24-20-7-6-16(10-21(20)35(30,31)25-11-15-4-2-1-3-5-15)23(27)33-13-18-9-19(26(28)29)8-17-12-32-14-34-22(17)18/h1-10,25H,11-14H2. The Morgan fingerprint density at radius 2 is 1.91 bits per heavy atom. The summed E-state index contributed by atoms with van der Waals surface area (Å²) >= 11 is 6.10. The highest BCUT2D eigenvalue weighted by Gasteiger charge is 2.24. The first-order chi connectivity index (χ1) is 16.7. The average Bonchev–Trinajstić information content (AvgIpc) is 2.86. The van der Waals surface area contributed by atoms with Gasteiger partial charge in [-0.1, -0.05) is 41.9 Å². The van der Waals surface area contributed by atoms with E-state index in [1.807, 2.05) is 6.07 Å². The van der Waals surface area contributed by atoms with Crippen molar-refractivity contribution in [3.05, 3.63) is 98.1 Å². The molecule has 0 fully saturated rings. The van der Waals surface area contributed by atoms with Crippen LogP contribution in [0.3, 0.4) is 0 Å². The van der Waals surface area contributed by atoms with Crippen molar-refractivity contribution in [2.75, 3.05) is 6.79 Å². The summed E-state index contributed by atoms with van der Waals surface area (Å²) in [6, 6.07) is 15.2. The van der Waals surface area contributed by atoms with Crippen molar-refractivity contribution in [1.82, 2.24) is 4.72 Å². The number of rotatable bonds is 8. The lowest BCUT2D eigenvalue weighted by atomic mass is 10.1. The highest BCUT2D eigenvalue weighted by Crippen LogP contribution is 2.33. The van der Waals surface area contributed by atoms with Crippen molar-refractivity contribution in [1.29, 1.82) is 0 Å². The monoisotopic (exact) mass is 518 g/mol. The van der Waals surface area contributed by atoms with Gasteiger partial charge < -0.3 is 14.2 Å². The van der Waals surface area contributed by atoms with Crippen LogP contribution >= 0.6 is 11.6 Å². The van der Waals surface area contributed by atoms with Crippen LogP contribution in [0.5, 0.6) is 5.75 Å². The number of carbonyl (C=O) groups is 1. The third-order valence-electron chi connectivity index (χ3n) is 5.11. The molecule has 4 rings (SSSR count). The van der Waals surface area contributed by atoms with Crippen LogP contribution in [0.1, 0.15) is 27.0 Å². The minimum atomic E-state index is -4.04. The van der Waals surface area contributed by atoms with Gasteiger partial charge in [-0.2, -0.15) is 0 Å². The molecule has 3 aromatic carbocycles. The number of halogens is 1. The van der Waals surface area contributed by atoms with Gasteiger partial charge in [0.05, 0.1) is 22.1 Å². The summed E-state index contributed by atoms with van der Waals surface area (Å²) in [7, 11) is -4.04. The number of fused-ring (bicyclic) bond motifs is 1. The maximum absolute atomic E-state index is 12.8. The summed E-state index contributed by atoms with van der Waals surface area (Å²) in [5, 5.41) is 11.2. The molecule has 0 saturated heterocycles. The third kappa shape index (κ3) is 5.77. The number of esters is 1. The van der Waals surface area contributed by atoms with Crippen LogP contribution in [-0.4, -0.2) is 26.1 Å². The number of hydrogen-bond donors (Lipinski definition) is 1. The minimum Gasteiger partial charge on any atom is -0.467 e. The van der Waals surface area contributed by atoms with Gasteiger partial charge in [-0.25, -0.2) is 17.9 Å². The second-order valence-electron chi connectivity index (χ2n) is 7.49. The van der Waals surface area contributed by atoms with Gasteiger partial charge in [-0.3, -0.25) is 10.1 Å². The molecule has 0 aromatic heterocycles. The Labute approximate surface area is 205 Å². The van der Waals surface area contributed by atoms with E-state index < -0.39 is 20.9 Å². The van der Waals surface area contributed by atoms with Gasteiger partial charge in [0, 0.05) is 29.8 Å². The van der Waals surface area contributed by atoms with Crippen LogP contribution in [0.15, 0.2) is 65.6 Å². The number of nitro groups is 1. The largest absolute Gasteiger partial charge is 0.467 e. The predicted octanol–water partition coefficient (Wildman–Crippen LogP) is 3.95. The van der Waals surface area contributed by atoms with Crippen LogP contribution in [0.2, 0.25) is 5.02 Å². The number of nitrogens with one attached hydrogen (secondary N) is 1. The van der Waals surface area contributed by atoms with E-state index in [0.717, 1.165) is 11.6 Å². The summed E-state index contributed by atoms with van der Waals surface area (Å²) in [4.78, 5) is 23.1. The molecule has 0 atom stereocenters. The molecule has 0 spiro atoms. The molecule has 35 heavy (non-hydrogen) atoms. The number of sulfonamides is 1. The van der Waals surface area contributed by atoms with E-state index >= 15 is 0 Å². The lowest BCUT2D eigenvalue weighted by Gasteiger charge is -2.20. The second kappa shape index (κ2) is 10.4. The molecule has 3 aromatic rings. The first kappa shape index (κ1) is 24.6. The van der Waals surface area contributed by atoms with Gasteiger partial charge in [0.25, 0.3) is 5.69 Å².